The van der Waals surface area contributed by atoms with E-state index in [0.29, 0.717) is 0 Å². The molecule has 0 aromatic heterocycles. The van der Waals surface area contributed by atoms with E-state index in [0.717, 1.165) is 5.75 Å². The molecule has 3 rings (SSSR count). The molecule has 1 aromatic carbocycles. The molecule has 1 aromatic rings. The first-order chi connectivity index (χ1) is 8.86. The van der Waals surface area contributed by atoms with Gasteiger partial charge in [0, 0.05) is 4.91 Å². The van der Waals surface area contributed by atoms with Gasteiger partial charge in [-0.25, -0.2) is 0 Å². The average Bonchev–Trinajstić information content (AvgIpc) is 3.09. The van der Waals surface area contributed by atoms with Crippen molar-refractivity contribution in [3.05, 3.63) is 54.5 Å². The van der Waals surface area contributed by atoms with E-state index in [-0.39, 0.29) is 0 Å². The van der Waals surface area contributed by atoms with E-state index in [1.54, 1.807) is 7.11 Å². The molecular weight excluding hydrogens is 300 g/mol. The molecule has 18 heavy (non-hydrogen) atoms. The molecule has 2 aliphatic rings. The topological polar surface area (TPSA) is 9.23 Å². The fourth-order valence-corrected chi connectivity index (χ4v) is 6.01. The largest absolute Gasteiger partial charge is 0.497 e. The summed E-state index contributed by atoms with van der Waals surface area (Å²) in [6.07, 6.45) is 0. The average molecular weight is 310 g/mol. The third-order valence-electron chi connectivity index (χ3n) is 2.42. The van der Waals surface area contributed by atoms with Crippen molar-refractivity contribution in [2.24, 2.45) is 0 Å². The third kappa shape index (κ3) is 2.64. The molecule has 0 spiro atoms. The fourth-order valence-electron chi connectivity index (χ4n) is 1.53. The molecule has 2 heterocycles. The Morgan fingerprint density at radius 3 is 2.28 bits per heavy atom. The predicted octanol–water partition coefficient (Wildman–Crippen LogP) is 5.55. The van der Waals surface area contributed by atoms with Gasteiger partial charge in [-0.15, -0.1) is 0 Å². The van der Waals surface area contributed by atoms with Crippen LogP contribution in [-0.4, -0.2) is 7.11 Å². The fraction of sp³-hybridized carbons (Fsp3) is 0.0769. The van der Waals surface area contributed by atoms with Crippen LogP contribution < -0.4 is 4.74 Å². The zero-order valence-electron chi connectivity index (χ0n) is 9.58. The summed E-state index contributed by atoms with van der Waals surface area (Å²) in [6.45, 7) is 0. The van der Waals surface area contributed by atoms with Gasteiger partial charge in [-0.3, -0.25) is 0 Å². The van der Waals surface area contributed by atoms with E-state index in [2.05, 4.69) is 28.4 Å². The highest BCUT2D eigenvalue weighted by Gasteiger charge is 2.19. The van der Waals surface area contributed by atoms with Crippen molar-refractivity contribution in [3.8, 4) is 5.75 Å². The number of methoxy groups -OCH3 is 1. The highest BCUT2D eigenvalue weighted by Crippen LogP contribution is 2.55. The van der Waals surface area contributed by atoms with Crippen LogP contribution >= 0.6 is 47.0 Å². The Bertz CT molecular complexity index is 533. The van der Waals surface area contributed by atoms with Crippen molar-refractivity contribution in [3.63, 3.8) is 0 Å². The lowest BCUT2D eigenvalue weighted by atomic mass is 10.2. The summed E-state index contributed by atoms with van der Waals surface area (Å²) in [5.74, 6) is 0.902. The molecule has 0 bridgehead atoms. The summed E-state index contributed by atoms with van der Waals surface area (Å²) in [4.78, 5) is 1.32. The number of hydrogen-bond acceptors (Lipinski definition) is 5. The monoisotopic (exact) mass is 310 g/mol. The van der Waals surface area contributed by atoms with E-state index in [1.807, 2.05) is 59.2 Å². The van der Waals surface area contributed by atoms with Gasteiger partial charge in [0.2, 0.25) is 0 Å². The van der Waals surface area contributed by atoms with E-state index in [9.17, 15) is 0 Å². The SMILES string of the molecule is COc1ccc(C2=CSC(=C3SC=CS3)S2)cc1. The molecule has 1 nitrogen and oxygen atoms in total. The molecule has 0 unspecified atom stereocenters. The highest BCUT2D eigenvalue weighted by atomic mass is 32.2. The van der Waals surface area contributed by atoms with Crippen LogP contribution in [0.25, 0.3) is 4.91 Å². The maximum Gasteiger partial charge on any atom is 0.118 e. The number of rotatable bonds is 2. The maximum atomic E-state index is 5.18. The molecule has 0 saturated heterocycles. The Morgan fingerprint density at radius 2 is 1.61 bits per heavy atom. The van der Waals surface area contributed by atoms with Crippen LogP contribution in [0.2, 0.25) is 0 Å². The van der Waals surface area contributed by atoms with Gasteiger partial charge in [-0.05, 0) is 33.9 Å². The summed E-state index contributed by atoms with van der Waals surface area (Å²) in [7, 11) is 1.69. The molecule has 0 N–H and O–H groups in total. The lowest BCUT2D eigenvalue weighted by Gasteiger charge is -2.04. The molecule has 0 atom stereocenters. The second-order valence-electron chi connectivity index (χ2n) is 3.51. The number of ether oxygens (including phenoxy) is 1. The Kier molecular flexibility index (Phi) is 4.03. The van der Waals surface area contributed by atoms with Gasteiger partial charge in [0.05, 0.1) is 15.6 Å². The van der Waals surface area contributed by atoms with E-state index in [4.69, 9.17) is 4.74 Å². The minimum Gasteiger partial charge on any atom is -0.497 e. The van der Waals surface area contributed by atoms with Crippen molar-refractivity contribution in [2.75, 3.05) is 7.11 Å². The quantitative estimate of drug-likeness (QED) is 0.706. The Labute approximate surface area is 124 Å². The maximum absolute atomic E-state index is 5.18. The van der Waals surface area contributed by atoms with Crippen LogP contribution in [0.15, 0.2) is 49.0 Å². The second-order valence-corrected chi connectivity index (χ2v) is 7.79. The summed E-state index contributed by atoms with van der Waals surface area (Å²) in [5, 5.41) is 6.51. The van der Waals surface area contributed by atoms with Gasteiger partial charge in [0.25, 0.3) is 0 Å². The summed E-state index contributed by atoms with van der Waals surface area (Å²) in [6, 6.07) is 8.23. The molecule has 0 saturated carbocycles. The second kappa shape index (κ2) is 5.74. The molecule has 5 heteroatoms. The van der Waals surface area contributed by atoms with Crippen LogP contribution in [0.1, 0.15) is 5.56 Å². The van der Waals surface area contributed by atoms with Crippen molar-refractivity contribution in [2.45, 2.75) is 0 Å². The third-order valence-corrected chi connectivity index (χ3v) is 7.49. The van der Waals surface area contributed by atoms with Crippen molar-refractivity contribution in [1.29, 1.82) is 0 Å². The lowest BCUT2D eigenvalue weighted by molar-refractivity contribution is 0.415. The van der Waals surface area contributed by atoms with Crippen LogP contribution in [-0.2, 0) is 0 Å². The first-order valence-corrected chi connectivity index (χ1v) is 8.74. The van der Waals surface area contributed by atoms with E-state index in [1.165, 1.54) is 18.9 Å². The minimum atomic E-state index is 0.902. The molecule has 92 valence electrons. The molecule has 0 aliphatic carbocycles. The van der Waals surface area contributed by atoms with E-state index < -0.39 is 0 Å². The Hall–Kier alpha value is -0.360. The molecule has 0 amide bonds. The van der Waals surface area contributed by atoms with Crippen LogP contribution in [0, 0.1) is 0 Å². The van der Waals surface area contributed by atoms with Gasteiger partial charge in [0.1, 0.15) is 5.75 Å². The smallest absolute Gasteiger partial charge is 0.118 e. The molecular formula is C13H10OS4. The summed E-state index contributed by atoms with van der Waals surface area (Å²) < 4.78 is 7.96. The van der Waals surface area contributed by atoms with Gasteiger partial charge >= 0.3 is 0 Å². The van der Waals surface area contributed by atoms with Gasteiger partial charge in [0.15, 0.2) is 0 Å². The van der Waals surface area contributed by atoms with Crippen molar-refractivity contribution in [1.82, 2.24) is 0 Å². The van der Waals surface area contributed by atoms with Gasteiger partial charge in [-0.1, -0.05) is 59.2 Å². The zero-order valence-corrected chi connectivity index (χ0v) is 12.8. The van der Waals surface area contributed by atoms with Crippen LogP contribution in [0.3, 0.4) is 0 Å². The number of hydrogen-bond donors (Lipinski definition) is 0. The normalized spacial score (nSPS) is 18.4. The summed E-state index contributed by atoms with van der Waals surface area (Å²) >= 11 is 7.30. The number of benzene rings is 1. The predicted molar refractivity (Wildman–Crippen MR) is 87.5 cm³/mol. The molecule has 0 fully saturated rings. The van der Waals surface area contributed by atoms with Crippen molar-refractivity contribution >= 4 is 52.0 Å². The van der Waals surface area contributed by atoms with E-state index >= 15 is 0 Å². The van der Waals surface area contributed by atoms with Gasteiger partial charge in [-0.2, -0.15) is 0 Å². The van der Waals surface area contributed by atoms with Gasteiger partial charge < -0.3 is 4.74 Å². The standard InChI is InChI=1S/C13H10OS4/c1-14-10-4-2-9(3-5-10)11-8-17-13(18-11)12-15-6-7-16-12/h2-8H,1H3. The molecule has 2 aliphatic heterocycles. The highest BCUT2D eigenvalue weighted by molar-refractivity contribution is 8.35. The lowest BCUT2D eigenvalue weighted by Crippen LogP contribution is -1.83. The van der Waals surface area contributed by atoms with Crippen LogP contribution in [0.4, 0.5) is 0 Å². The first-order valence-electron chi connectivity index (χ1n) is 5.28. The Balaban J connectivity index is 1.76. The van der Waals surface area contributed by atoms with Crippen LogP contribution in [0.5, 0.6) is 5.75 Å². The molecule has 0 radical (unpaired) electrons. The Morgan fingerprint density at radius 1 is 0.889 bits per heavy atom. The minimum absolute atomic E-state index is 0.902. The van der Waals surface area contributed by atoms with Crippen molar-refractivity contribution < 1.29 is 4.74 Å². The summed E-state index contributed by atoms with van der Waals surface area (Å²) in [5.41, 5.74) is 1.25. The zero-order chi connectivity index (χ0) is 12.4. The first kappa shape index (κ1) is 12.7. The number of thioether (sulfide) groups is 4.